The third-order valence-corrected chi connectivity index (χ3v) is 4.22. The molecule has 1 atom stereocenters. The van der Waals surface area contributed by atoms with Gasteiger partial charge < -0.3 is 10.2 Å². The highest BCUT2D eigenvalue weighted by molar-refractivity contribution is 5.79. The van der Waals surface area contributed by atoms with Crippen LogP contribution in [0.5, 0.6) is 0 Å². The maximum absolute atomic E-state index is 12.6. The zero-order valence-corrected chi connectivity index (χ0v) is 13.9. The van der Waals surface area contributed by atoms with Crippen LogP contribution in [-0.2, 0) is 17.8 Å². The van der Waals surface area contributed by atoms with Crippen LogP contribution >= 0.6 is 0 Å². The Kier molecular flexibility index (Phi) is 5.04. The van der Waals surface area contributed by atoms with Gasteiger partial charge in [-0.15, -0.1) is 0 Å². The monoisotopic (exact) mass is 292 g/mol. The maximum atomic E-state index is 12.6. The molecule has 1 aliphatic heterocycles. The molecule has 1 amide bonds. The summed E-state index contributed by atoms with van der Waals surface area (Å²) in [5, 5.41) is 7.92. The first kappa shape index (κ1) is 16.0. The zero-order valence-electron chi connectivity index (χ0n) is 13.9. The molecule has 0 aliphatic carbocycles. The zero-order chi connectivity index (χ0) is 15.6. The van der Waals surface area contributed by atoms with Crippen molar-refractivity contribution in [3.05, 3.63) is 17.0 Å². The molecule has 5 nitrogen and oxygen atoms in total. The summed E-state index contributed by atoms with van der Waals surface area (Å²) in [6.45, 7) is 14.0. The smallest absolute Gasteiger partial charge is 0.227 e. The molecule has 2 heterocycles. The van der Waals surface area contributed by atoms with Gasteiger partial charge in [0, 0.05) is 43.5 Å². The average Bonchev–Trinajstić information content (AvgIpc) is 2.66. The summed E-state index contributed by atoms with van der Waals surface area (Å²) in [6.07, 6.45) is 0.472. The molecular weight excluding hydrogens is 264 g/mol. The largest absolute Gasteiger partial charge is 0.337 e. The standard InChI is InChI=1S/C16H28N4O/c1-11(2)10-20-14(5)15(13(4)18-20)8-16(21)19-7-6-17-9-12(19)3/h11-12,17H,6-10H2,1-5H3/t12-/m0/s1. The summed E-state index contributed by atoms with van der Waals surface area (Å²) in [4.78, 5) is 14.6. The molecule has 0 radical (unpaired) electrons. The first-order valence-electron chi connectivity index (χ1n) is 7.93. The molecule has 0 aromatic carbocycles. The number of aryl methyl sites for hydroxylation is 1. The second-order valence-electron chi connectivity index (χ2n) is 6.54. The number of carbonyl (C=O) groups is 1. The van der Waals surface area contributed by atoms with Gasteiger partial charge in [0.15, 0.2) is 0 Å². The fourth-order valence-corrected chi connectivity index (χ4v) is 2.98. The number of hydrogen-bond donors (Lipinski definition) is 1. The second kappa shape index (κ2) is 6.60. The van der Waals surface area contributed by atoms with E-state index in [1.165, 1.54) is 0 Å². The number of aromatic nitrogens is 2. The van der Waals surface area contributed by atoms with Crippen molar-refractivity contribution < 1.29 is 4.79 Å². The minimum absolute atomic E-state index is 0.222. The molecule has 1 aliphatic rings. The van der Waals surface area contributed by atoms with Gasteiger partial charge >= 0.3 is 0 Å². The van der Waals surface area contributed by atoms with Crippen molar-refractivity contribution in [3.8, 4) is 0 Å². The molecule has 2 rings (SSSR count). The van der Waals surface area contributed by atoms with Crippen molar-refractivity contribution >= 4 is 5.91 Å². The lowest BCUT2D eigenvalue weighted by Gasteiger charge is -2.34. The molecule has 0 saturated carbocycles. The van der Waals surface area contributed by atoms with Crippen molar-refractivity contribution in [2.75, 3.05) is 19.6 Å². The van der Waals surface area contributed by atoms with Gasteiger partial charge in [-0.2, -0.15) is 5.10 Å². The average molecular weight is 292 g/mol. The van der Waals surface area contributed by atoms with E-state index in [0.29, 0.717) is 12.3 Å². The predicted molar refractivity (Wildman–Crippen MR) is 84.3 cm³/mol. The lowest BCUT2D eigenvalue weighted by Crippen LogP contribution is -2.52. The third-order valence-electron chi connectivity index (χ3n) is 4.22. The summed E-state index contributed by atoms with van der Waals surface area (Å²) in [6, 6.07) is 0.276. The van der Waals surface area contributed by atoms with E-state index in [2.05, 4.69) is 38.1 Å². The highest BCUT2D eigenvalue weighted by atomic mass is 16.2. The van der Waals surface area contributed by atoms with Gasteiger partial charge in [-0.05, 0) is 26.7 Å². The van der Waals surface area contributed by atoms with E-state index in [0.717, 1.165) is 43.1 Å². The number of hydrogen-bond acceptors (Lipinski definition) is 3. The van der Waals surface area contributed by atoms with Gasteiger partial charge in [0.25, 0.3) is 0 Å². The summed E-state index contributed by atoms with van der Waals surface area (Å²) < 4.78 is 2.05. The molecule has 118 valence electrons. The van der Waals surface area contributed by atoms with Crippen molar-refractivity contribution in [1.29, 1.82) is 0 Å². The first-order chi connectivity index (χ1) is 9.90. The molecule has 1 saturated heterocycles. The molecule has 1 aromatic heterocycles. The lowest BCUT2D eigenvalue weighted by atomic mass is 10.1. The van der Waals surface area contributed by atoms with Gasteiger partial charge in [-0.25, -0.2) is 0 Å². The summed E-state index contributed by atoms with van der Waals surface area (Å²) in [5.74, 6) is 0.777. The Morgan fingerprint density at radius 3 is 2.76 bits per heavy atom. The number of rotatable bonds is 4. The van der Waals surface area contributed by atoms with Gasteiger partial charge in [0.05, 0.1) is 12.1 Å². The van der Waals surface area contributed by atoms with E-state index in [4.69, 9.17) is 0 Å². The number of carbonyl (C=O) groups excluding carboxylic acids is 1. The highest BCUT2D eigenvalue weighted by Gasteiger charge is 2.25. The third kappa shape index (κ3) is 3.64. The van der Waals surface area contributed by atoms with Gasteiger partial charge in [-0.1, -0.05) is 13.8 Å². The molecule has 0 bridgehead atoms. The quantitative estimate of drug-likeness (QED) is 0.915. The van der Waals surface area contributed by atoms with E-state index in [1.54, 1.807) is 0 Å². The number of nitrogens with one attached hydrogen (secondary N) is 1. The molecule has 5 heteroatoms. The molecule has 1 N–H and O–H groups in total. The van der Waals surface area contributed by atoms with E-state index < -0.39 is 0 Å². The van der Waals surface area contributed by atoms with E-state index >= 15 is 0 Å². The summed E-state index contributed by atoms with van der Waals surface area (Å²) in [5.41, 5.74) is 3.23. The molecule has 1 fully saturated rings. The van der Waals surface area contributed by atoms with Crippen LogP contribution in [0.3, 0.4) is 0 Å². The predicted octanol–water partition coefficient (Wildman–Crippen LogP) is 1.52. The van der Waals surface area contributed by atoms with Crippen molar-refractivity contribution in [1.82, 2.24) is 20.0 Å². The Morgan fingerprint density at radius 1 is 1.43 bits per heavy atom. The topological polar surface area (TPSA) is 50.2 Å². The molecule has 1 aromatic rings. The van der Waals surface area contributed by atoms with Gasteiger partial charge in [0.1, 0.15) is 0 Å². The number of amides is 1. The van der Waals surface area contributed by atoms with Gasteiger partial charge in [0.2, 0.25) is 5.91 Å². The van der Waals surface area contributed by atoms with Crippen molar-refractivity contribution in [2.45, 2.75) is 53.6 Å². The molecule has 0 unspecified atom stereocenters. The normalized spacial score (nSPS) is 19.3. The van der Waals surface area contributed by atoms with Crippen LogP contribution < -0.4 is 5.32 Å². The fraction of sp³-hybridized carbons (Fsp3) is 0.750. The van der Waals surface area contributed by atoms with Crippen LogP contribution in [0, 0.1) is 19.8 Å². The summed E-state index contributed by atoms with van der Waals surface area (Å²) in [7, 11) is 0. The SMILES string of the molecule is Cc1nn(CC(C)C)c(C)c1CC(=O)N1CCNC[C@@H]1C. The summed E-state index contributed by atoms with van der Waals surface area (Å²) >= 11 is 0. The van der Waals surface area contributed by atoms with E-state index in [9.17, 15) is 4.79 Å². The molecule has 21 heavy (non-hydrogen) atoms. The Morgan fingerprint density at radius 2 is 2.14 bits per heavy atom. The Hall–Kier alpha value is -1.36. The fourth-order valence-electron chi connectivity index (χ4n) is 2.98. The minimum Gasteiger partial charge on any atom is -0.337 e. The first-order valence-corrected chi connectivity index (χ1v) is 7.93. The molecular formula is C16H28N4O. The van der Waals surface area contributed by atoms with Crippen LogP contribution in [0.2, 0.25) is 0 Å². The van der Waals surface area contributed by atoms with Gasteiger partial charge in [-0.3, -0.25) is 9.48 Å². The second-order valence-corrected chi connectivity index (χ2v) is 6.54. The van der Waals surface area contributed by atoms with Crippen LogP contribution in [-0.4, -0.2) is 46.3 Å². The maximum Gasteiger partial charge on any atom is 0.227 e. The van der Waals surface area contributed by atoms with Crippen LogP contribution in [0.25, 0.3) is 0 Å². The highest BCUT2D eigenvalue weighted by Crippen LogP contribution is 2.17. The van der Waals surface area contributed by atoms with Crippen LogP contribution in [0.1, 0.15) is 37.7 Å². The Balaban J connectivity index is 2.11. The number of piperazine rings is 1. The van der Waals surface area contributed by atoms with E-state index in [1.807, 2.05) is 16.5 Å². The van der Waals surface area contributed by atoms with Crippen molar-refractivity contribution in [3.63, 3.8) is 0 Å². The van der Waals surface area contributed by atoms with Crippen LogP contribution in [0.15, 0.2) is 0 Å². The van der Waals surface area contributed by atoms with E-state index in [-0.39, 0.29) is 11.9 Å². The minimum atomic E-state index is 0.222. The molecule has 0 spiro atoms. The Labute approximate surface area is 127 Å². The van der Waals surface area contributed by atoms with Crippen molar-refractivity contribution in [2.24, 2.45) is 5.92 Å². The lowest BCUT2D eigenvalue weighted by molar-refractivity contribution is -0.133. The Bertz CT molecular complexity index is 507. The number of nitrogens with zero attached hydrogens (tertiary/aromatic N) is 3. The van der Waals surface area contributed by atoms with Crippen LogP contribution in [0.4, 0.5) is 0 Å².